The van der Waals surface area contributed by atoms with E-state index in [4.69, 9.17) is 14.9 Å². The standard InChI is InChI=1S/C12H22O12/c13-1-3(15)5(16)9(20)12(23,11(21)22)10-8(19)7(18)6(17)4(2-14)24-10/h3-10,13-20,23H,1-2H2,(H,21,22)/t3?,4-,5?,6+,7+,8-,9?,10-,12?/m1/s1. The number of rotatable bonds is 7. The van der Waals surface area contributed by atoms with Crippen LogP contribution >= 0.6 is 0 Å². The van der Waals surface area contributed by atoms with Gasteiger partial charge in [-0.05, 0) is 0 Å². The van der Waals surface area contributed by atoms with E-state index >= 15 is 0 Å². The minimum Gasteiger partial charge on any atom is -0.479 e. The largest absolute Gasteiger partial charge is 0.479 e. The van der Waals surface area contributed by atoms with Gasteiger partial charge in [0.25, 0.3) is 0 Å². The third-order valence-electron chi connectivity index (χ3n) is 4.02. The molecule has 0 radical (unpaired) electrons. The third-order valence-corrected chi connectivity index (χ3v) is 4.02. The van der Waals surface area contributed by atoms with Crippen LogP contribution in [0.5, 0.6) is 0 Å². The van der Waals surface area contributed by atoms with Crippen LogP contribution in [0.3, 0.4) is 0 Å². The minimum absolute atomic E-state index is 0.922. The first-order valence-corrected chi connectivity index (χ1v) is 6.95. The van der Waals surface area contributed by atoms with Gasteiger partial charge >= 0.3 is 5.97 Å². The maximum absolute atomic E-state index is 11.4. The highest BCUT2D eigenvalue weighted by Crippen LogP contribution is 2.32. The molecule has 1 fully saturated rings. The highest BCUT2D eigenvalue weighted by atomic mass is 16.6. The van der Waals surface area contributed by atoms with Gasteiger partial charge < -0.3 is 55.8 Å². The molecule has 0 aromatic rings. The molecule has 0 aromatic heterocycles. The second-order valence-electron chi connectivity index (χ2n) is 5.57. The Morgan fingerprint density at radius 2 is 1.58 bits per heavy atom. The molecule has 1 rings (SSSR count). The number of aliphatic hydroxyl groups is 9. The summed E-state index contributed by atoms with van der Waals surface area (Å²) in [6.07, 6.45) is -17.0. The average molecular weight is 358 g/mol. The predicted molar refractivity (Wildman–Crippen MR) is 71.5 cm³/mol. The smallest absolute Gasteiger partial charge is 0.341 e. The van der Waals surface area contributed by atoms with E-state index in [0.29, 0.717) is 0 Å². The molecule has 12 nitrogen and oxygen atoms in total. The van der Waals surface area contributed by atoms with Gasteiger partial charge in [0.15, 0.2) is 0 Å². The molecule has 0 aromatic carbocycles. The number of carbonyl (C=O) groups is 1. The van der Waals surface area contributed by atoms with Gasteiger partial charge in [-0.25, -0.2) is 4.79 Å². The van der Waals surface area contributed by atoms with Crippen LogP contribution in [0.15, 0.2) is 0 Å². The molecule has 142 valence electrons. The van der Waals surface area contributed by atoms with E-state index in [9.17, 15) is 45.6 Å². The summed E-state index contributed by atoms with van der Waals surface area (Å²) < 4.78 is 4.89. The van der Waals surface area contributed by atoms with Gasteiger partial charge in [-0.15, -0.1) is 0 Å². The van der Waals surface area contributed by atoms with Crippen LogP contribution in [-0.4, -0.2) is 125 Å². The number of ether oxygens (including phenoxy) is 1. The lowest BCUT2D eigenvalue weighted by atomic mass is 9.79. The van der Waals surface area contributed by atoms with Crippen molar-refractivity contribution in [1.82, 2.24) is 0 Å². The van der Waals surface area contributed by atoms with Crippen molar-refractivity contribution >= 4 is 5.97 Å². The van der Waals surface area contributed by atoms with E-state index in [0.717, 1.165) is 0 Å². The van der Waals surface area contributed by atoms with Gasteiger partial charge in [-0.1, -0.05) is 0 Å². The Morgan fingerprint density at radius 3 is 2.00 bits per heavy atom. The van der Waals surface area contributed by atoms with Gasteiger partial charge in [-0.2, -0.15) is 0 Å². The van der Waals surface area contributed by atoms with Crippen molar-refractivity contribution < 1.29 is 60.6 Å². The zero-order valence-electron chi connectivity index (χ0n) is 12.3. The maximum Gasteiger partial charge on any atom is 0.341 e. The topological polar surface area (TPSA) is 229 Å². The lowest BCUT2D eigenvalue weighted by Crippen LogP contribution is -2.72. The van der Waals surface area contributed by atoms with Crippen LogP contribution in [0.4, 0.5) is 0 Å². The van der Waals surface area contributed by atoms with Crippen molar-refractivity contribution in [3.05, 3.63) is 0 Å². The minimum atomic E-state index is -3.45. The SMILES string of the molecule is O=C(O)C(O)(C(O)C(O)C(O)CO)[C@@H]1O[C@H](CO)[C@H](O)[C@H](O)[C@H]1O. The van der Waals surface area contributed by atoms with E-state index < -0.39 is 73.6 Å². The van der Waals surface area contributed by atoms with Crippen LogP contribution < -0.4 is 0 Å². The van der Waals surface area contributed by atoms with Gasteiger partial charge in [0.05, 0.1) is 13.2 Å². The van der Waals surface area contributed by atoms with Crippen LogP contribution in [0, 0.1) is 0 Å². The lowest BCUT2D eigenvalue weighted by molar-refractivity contribution is -0.291. The summed E-state index contributed by atoms with van der Waals surface area (Å²) in [5.41, 5.74) is -3.45. The molecule has 0 amide bonds. The number of carboxylic acid groups (broad SMARTS) is 1. The summed E-state index contributed by atoms with van der Waals surface area (Å²) in [7, 11) is 0. The molecule has 10 N–H and O–H groups in total. The summed E-state index contributed by atoms with van der Waals surface area (Å²) >= 11 is 0. The molecule has 0 spiro atoms. The maximum atomic E-state index is 11.4. The zero-order chi connectivity index (χ0) is 18.8. The molecule has 0 saturated carbocycles. The second kappa shape index (κ2) is 7.97. The van der Waals surface area contributed by atoms with E-state index in [1.807, 2.05) is 0 Å². The summed E-state index contributed by atoms with van der Waals surface area (Å²) in [6, 6.07) is 0. The summed E-state index contributed by atoms with van der Waals surface area (Å²) in [6.45, 7) is -2.00. The van der Waals surface area contributed by atoms with Crippen molar-refractivity contribution in [3.8, 4) is 0 Å². The van der Waals surface area contributed by atoms with Crippen LogP contribution in [0.1, 0.15) is 0 Å². The molecule has 1 aliphatic rings. The zero-order valence-corrected chi connectivity index (χ0v) is 12.3. The number of hydrogen-bond donors (Lipinski definition) is 10. The molecule has 1 saturated heterocycles. The van der Waals surface area contributed by atoms with Crippen molar-refractivity contribution in [2.45, 2.75) is 54.4 Å². The van der Waals surface area contributed by atoms with E-state index in [2.05, 4.69) is 0 Å². The summed E-state index contributed by atoms with van der Waals surface area (Å²) in [5, 5.41) is 95.4. The quantitative estimate of drug-likeness (QED) is 0.205. The van der Waals surface area contributed by atoms with E-state index in [1.54, 1.807) is 0 Å². The van der Waals surface area contributed by atoms with Gasteiger partial charge in [0.1, 0.15) is 48.8 Å². The normalized spacial score (nSPS) is 37.3. The first-order chi connectivity index (χ1) is 11.0. The fourth-order valence-electron chi connectivity index (χ4n) is 2.46. The molecule has 1 aliphatic heterocycles. The van der Waals surface area contributed by atoms with Crippen molar-refractivity contribution in [1.29, 1.82) is 0 Å². The molecule has 9 atom stereocenters. The lowest BCUT2D eigenvalue weighted by Gasteiger charge is -2.47. The number of aliphatic carboxylic acids is 1. The molecule has 1 heterocycles. The van der Waals surface area contributed by atoms with E-state index in [1.165, 1.54) is 0 Å². The fraction of sp³-hybridized carbons (Fsp3) is 0.917. The Labute approximate surface area is 135 Å². The summed E-state index contributed by atoms with van der Waals surface area (Å²) in [4.78, 5) is 11.4. The summed E-state index contributed by atoms with van der Waals surface area (Å²) in [5.74, 6) is -2.19. The fourth-order valence-corrected chi connectivity index (χ4v) is 2.46. The van der Waals surface area contributed by atoms with Crippen molar-refractivity contribution in [3.63, 3.8) is 0 Å². The highest BCUT2D eigenvalue weighted by molar-refractivity contribution is 5.79. The van der Waals surface area contributed by atoms with Crippen LogP contribution in [0.2, 0.25) is 0 Å². The first-order valence-electron chi connectivity index (χ1n) is 6.95. The molecule has 24 heavy (non-hydrogen) atoms. The number of hydrogen-bond acceptors (Lipinski definition) is 11. The Hall–Kier alpha value is -0.930. The van der Waals surface area contributed by atoms with Gasteiger partial charge in [0.2, 0.25) is 5.60 Å². The molecule has 0 aliphatic carbocycles. The number of aliphatic hydroxyl groups excluding tert-OH is 8. The monoisotopic (exact) mass is 358 g/mol. The Kier molecular flexibility index (Phi) is 7.01. The first kappa shape index (κ1) is 21.1. The molecule has 4 unspecified atom stereocenters. The van der Waals surface area contributed by atoms with Crippen molar-refractivity contribution in [2.75, 3.05) is 13.2 Å². The van der Waals surface area contributed by atoms with Gasteiger partial charge in [0, 0.05) is 0 Å². The molecular weight excluding hydrogens is 336 g/mol. The van der Waals surface area contributed by atoms with Crippen LogP contribution in [-0.2, 0) is 9.53 Å². The molecule has 12 heteroatoms. The molecule has 0 bridgehead atoms. The third kappa shape index (κ3) is 3.52. The highest BCUT2D eigenvalue weighted by Gasteiger charge is 2.61. The van der Waals surface area contributed by atoms with E-state index in [-0.39, 0.29) is 0 Å². The second-order valence-corrected chi connectivity index (χ2v) is 5.57. The predicted octanol–water partition coefficient (Wildman–Crippen LogP) is -6.28. The Morgan fingerprint density at radius 1 is 1.04 bits per heavy atom. The Bertz CT molecular complexity index is 430. The molecular formula is C12H22O12. The number of carboxylic acids is 1. The average Bonchev–Trinajstić information content (AvgIpc) is 2.56. The van der Waals surface area contributed by atoms with Crippen LogP contribution in [0.25, 0.3) is 0 Å². The van der Waals surface area contributed by atoms with Crippen molar-refractivity contribution in [2.24, 2.45) is 0 Å². The van der Waals surface area contributed by atoms with Gasteiger partial charge in [-0.3, -0.25) is 0 Å². The Balaban J connectivity index is 3.24.